The topological polar surface area (TPSA) is 73.3 Å². The number of carbonyl (C=O) groups is 1. The third-order valence-corrected chi connectivity index (χ3v) is 3.33. The van der Waals surface area contributed by atoms with Gasteiger partial charge in [-0.05, 0) is 32.6 Å². The summed E-state index contributed by atoms with van der Waals surface area (Å²) in [6.45, 7) is 6.44. The standard InChI is InChI=1S/C14H21N3O3/c1-3-20-13(18)12-8-16-14(17-10(12)2)15-6-4-11-5-7-19-9-11/h8,11H,3-7,9H2,1-2H3,(H,15,16,17). The smallest absolute Gasteiger partial charge is 0.341 e. The van der Waals surface area contributed by atoms with Crippen LogP contribution in [0.15, 0.2) is 6.20 Å². The first-order valence-corrected chi connectivity index (χ1v) is 7.03. The summed E-state index contributed by atoms with van der Waals surface area (Å²) in [6, 6.07) is 0. The lowest BCUT2D eigenvalue weighted by Crippen LogP contribution is -2.13. The maximum atomic E-state index is 11.6. The molecule has 0 amide bonds. The van der Waals surface area contributed by atoms with Crippen molar-refractivity contribution in [3.63, 3.8) is 0 Å². The number of esters is 1. The zero-order valence-corrected chi connectivity index (χ0v) is 12.0. The van der Waals surface area contributed by atoms with Gasteiger partial charge in [0.2, 0.25) is 5.95 Å². The van der Waals surface area contributed by atoms with Crippen molar-refractivity contribution in [1.29, 1.82) is 0 Å². The largest absolute Gasteiger partial charge is 0.462 e. The SMILES string of the molecule is CCOC(=O)c1cnc(NCCC2CCOC2)nc1C. The molecular weight excluding hydrogens is 258 g/mol. The van der Waals surface area contributed by atoms with Gasteiger partial charge in [-0.25, -0.2) is 14.8 Å². The number of aromatic nitrogens is 2. The van der Waals surface area contributed by atoms with Crippen molar-refractivity contribution < 1.29 is 14.3 Å². The Morgan fingerprint density at radius 2 is 2.45 bits per heavy atom. The molecular formula is C14H21N3O3. The maximum absolute atomic E-state index is 11.6. The average molecular weight is 279 g/mol. The number of aryl methyl sites for hydroxylation is 1. The van der Waals surface area contributed by atoms with Crippen LogP contribution in [0.1, 0.15) is 35.8 Å². The number of carbonyl (C=O) groups excluding carboxylic acids is 1. The molecule has 2 rings (SSSR count). The van der Waals surface area contributed by atoms with Crippen LogP contribution in [0.3, 0.4) is 0 Å². The van der Waals surface area contributed by atoms with Crippen LogP contribution < -0.4 is 5.32 Å². The van der Waals surface area contributed by atoms with Gasteiger partial charge >= 0.3 is 5.97 Å². The van der Waals surface area contributed by atoms with E-state index in [-0.39, 0.29) is 5.97 Å². The minimum Gasteiger partial charge on any atom is -0.462 e. The van der Waals surface area contributed by atoms with Gasteiger partial charge in [0.25, 0.3) is 0 Å². The van der Waals surface area contributed by atoms with Crippen molar-refractivity contribution in [2.45, 2.75) is 26.7 Å². The summed E-state index contributed by atoms with van der Waals surface area (Å²) in [6.07, 6.45) is 3.69. The van der Waals surface area contributed by atoms with E-state index < -0.39 is 0 Å². The fraction of sp³-hybridized carbons (Fsp3) is 0.643. The highest BCUT2D eigenvalue weighted by Crippen LogP contribution is 2.16. The average Bonchev–Trinajstić information content (AvgIpc) is 2.92. The maximum Gasteiger partial charge on any atom is 0.341 e. The Morgan fingerprint density at radius 1 is 1.60 bits per heavy atom. The Balaban J connectivity index is 1.86. The summed E-state index contributed by atoms with van der Waals surface area (Å²) < 4.78 is 10.3. The lowest BCUT2D eigenvalue weighted by Gasteiger charge is -2.10. The fourth-order valence-corrected chi connectivity index (χ4v) is 2.16. The molecule has 1 aliphatic rings. The minimum absolute atomic E-state index is 0.349. The zero-order valence-electron chi connectivity index (χ0n) is 12.0. The molecule has 1 aromatic rings. The van der Waals surface area contributed by atoms with Crippen molar-refractivity contribution in [2.75, 3.05) is 31.7 Å². The fourth-order valence-electron chi connectivity index (χ4n) is 2.16. The van der Waals surface area contributed by atoms with Crippen molar-refractivity contribution in [3.05, 3.63) is 17.5 Å². The molecule has 1 atom stereocenters. The summed E-state index contributed by atoms with van der Waals surface area (Å²) in [7, 11) is 0. The third kappa shape index (κ3) is 3.90. The molecule has 1 saturated heterocycles. The lowest BCUT2D eigenvalue weighted by molar-refractivity contribution is 0.0524. The van der Waals surface area contributed by atoms with Gasteiger partial charge in [-0.1, -0.05) is 0 Å². The second kappa shape index (κ2) is 7.19. The van der Waals surface area contributed by atoms with Gasteiger partial charge in [0.15, 0.2) is 0 Å². The highest BCUT2D eigenvalue weighted by Gasteiger charge is 2.15. The Kier molecular flexibility index (Phi) is 5.29. The van der Waals surface area contributed by atoms with E-state index in [9.17, 15) is 4.79 Å². The molecule has 0 radical (unpaired) electrons. The van der Waals surface area contributed by atoms with Gasteiger partial charge in [0.1, 0.15) is 0 Å². The lowest BCUT2D eigenvalue weighted by atomic mass is 10.1. The Bertz CT molecular complexity index is 459. The molecule has 1 unspecified atom stereocenters. The van der Waals surface area contributed by atoms with E-state index in [2.05, 4.69) is 15.3 Å². The van der Waals surface area contributed by atoms with Crippen molar-refractivity contribution in [1.82, 2.24) is 9.97 Å². The predicted molar refractivity (Wildman–Crippen MR) is 74.8 cm³/mol. The van der Waals surface area contributed by atoms with Crippen molar-refractivity contribution >= 4 is 11.9 Å². The van der Waals surface area contributed by atoms with E-state index in [1.54, 1.807) is 13.8 Å². The zero-order chi connectivity index (χ0) is 14.4. The van der Waals surface area contributed by atoms with Crippen LogP contribution in [-0.4, -0.2) is 42.3 Å². The molecule has 0 spiro atoms. The van der Waals surface area contributed by atoms with Gasteiger partial charge < -0.3 is 14.8 Å². The summed E-state index contributed by atoms with van der Waals surface area (Å²) >= 11 is 0. The van der Waals surface area contributed by atoms with Crippen LogP contribution in [0, 0.1) is 12.8 Å². The highest BCUT2D eigenvalue weighted by atomic mass is 16.5. The van der Waals surface area contributed by atoms with Gasteiger partial charge in [-0.3, -0.25) is 0 Å². The normalized spacial score (nSPS) is 18.0. The van der Waals surface area contributed by atoms with E-state index in [1.807, 2.05) is 0 Å². The van der Waals surface area contributed by atoms with E-state index in [4.69, 9.17) is 9.47 Å². The Labute approximate surface area is 118 Å². The molecule has 110 valence electrons. The van der Waals surface area contributed by atoms with E-state index >= 15 is 0 Å². The van der Waals surface area contributed by atoms with Crippen molar-refractivity contribution in [3.8, 4) is 0 Å². The number of nitrogens with one attached hydrogen (secondary N) is 1. The summed E-state index contributed by atoms with van der Waals surface area (Å²) in [5.41, 5.74) is 1.05. The van der Waals surface area contributed by atoms with Gasteiger partial charge in [0, 0.05) is 26.0 Å². The predicted octanol–water partition coefficient (Wildman–Crippen LogP) is 1.80. The number of nitrogens with zero attached hydrogens (tertiary/aromatic N) is 2. The van der Waals surface area contributed by atoms with Crippen LogP contribution in [0.4, 0.5) is 5.95 Å². The van der Waals surface area contributed by atoms with Crippen LogP contribution in [0.2, 0.25) is 0 Å². The van der Waals surface area contributed by atoms with Gasteiger partial charge in [0.05, 0.1) is 17.9 Å². The highest BCUT2D eigenvalue weighted by molar-refractivity contribution is 5.90. The van der Waals surface area contributed by atoms with Gasteiger partial charge in [-0.2, -0.15) is 0 Å². The molecule has 0 aromatic carbocycles. The molecule has 0 saturated carbocycles. The summed E-state index contributed by atoms with van der Waals surface area (Å²) in [4.78, 5) is 20.1. The van der Waals surface area contributed by atoms with Gasteiger partial charge in [-0.15, -0.1) is 0 Å². The first-order chi connectivity index (χ1) is 9.70. The molecule has 1 N–H and O–H groups in total. The molecule has 1 aliphatic heterocycles. The molecule has 0 aliphatic carbocycles. The number of hydrogen-bond donors (Lipinski definition) is 1. The van der Waals surface area contributed by atoms with Crippen LogP contribution in [-0.2, 0) is 9.47 Å². The second-order valence-electron chi connectivity index (χ2n) is 4.86. The number of rotatable bonds is 6. The Morgan fingerprint density at radius 3 is 3.10 bits per heavy atom. The molecule has 6 heteroatoms. The third-order valence-electron chi connectivity index (χ3n) is 3.33. The van der Waals surface area contributed by atoms with E-state index in [0.717, 1.165) is 32.6 Å². The van der Waals surface area contributed by atoms with E-state index in [0.29, 0.717) is 29.7 Å². The Hall–Kier alpha value is -1.69. The molecule has 1 aromatic heterocycles. The first-order valence-electron chi connectivity index (χ1n) is 7.03. The monoisotopic (exact) mass is 279 g/mol. The number of anilines is 1. The molecule has 1 fully saturated rings. The summed E-state index contributed by atoms with van der Waals surface area (Å²) in [5.74, 6) is 0.802. The van der Waals surface area contributed by atoms with Crippen LogP contribution >= 0.6 is 0 Å². The minimum atomic E-state index is -0.375. The molecule has 20 heavy (non-hydrogen) atoms. The number of hydrogen-bond acceptors (Lipinski definition) is 6. The molecule has 2 heterocycles. The summed E-state index contributed by atoms with van der Waals surface area (Å²) in [5, 5.41) is 3.18. The van der Waals surface area contributed by atoms with E-state index in [1.165, 1.54) is 6.20 Å². The molecule has 6 nitrogen and oxygen atoms in total. The first kappa shape index (κ1) is 14.7. The molecule has 0 bridgehead atoms. The number of ether oxygens (including phenoxy) is 2. The van der Waals surface area contributed by atoms with Crippen LogP contribution in [0.25, 0.3) is 0 Å². The quantitative estimate of drug-likeness (QED) is 0.800. The van der Waals surface area contributed by atoms with Crippen molar-refractivity contribution in [2.24, 2.45) is 5.92 Å². The van der Waals surface area contributed by atoms with Crippen LogP contribution in [0.5, 0.6) is 0 Å². The second-order valence-corrected chi connectivity index (χ2v) is 4.86.